The normalized spacial score (nSPS) is 17.2. The van der Waals surface area contributed by atoms with Gasteiger partial charge in [0.25, 0.3) is 5.91 Å². The van der Waals surface area contributed by atoms with Crippen LogP contribution in [-0.4, -0.2) is 39.3 Å². The molecule has 8 nitrogen and oxygen atoms in total. The van der Waals surface area contributed by atoms with Crippen LogP contribution in [0.4, 0.5) is 0 Å². The summed E-state index contributed by atoms with van der Waals surface area (Å²) in [6.07, 6.45) is 7.07. The number of rotatable bonds is 6. The Labute approximate surface area is 179 Å². The van der Waals surface area contributed by atoms with E-state index in [1.165, 1.54) is 0 Å². The van der Waals surface area contributed by atoms with E-state index in [1.807, 2.05) is 29.8 Å². The van der Waals surface area contributed by atoms with E-state index in [2.05, 4.69) is 16.5 Å². The number of fused-ring (bicyclic) bond motifs is 3. The Morgan fingerprint density at radius 1 is 1.29 bits per heavy atom. The molecule has 0 bridgehead atoms. The molecule has 3 aromatic heterocycles. The minimum Gasteiger partial charge on any atom is -0.462 e. The van der Waals surface area contributed by atoms with E-state index in [1.54, 1.807) is 6.20 Å². The molecule has 1 atom stereocenters. The number of carbonyl (C=O) groups excluding carboxylic acids is 2. The Balaban J connectivity index is 1.31. The number of nitrogens with zero attached hydrogens (tertiary/aromatic N) is 3. The van der Waals surface area contributed by atoms with Crippen LogP contribution in [-0.2, 0) is 28.9 Å². The number of hydrogen-bond donors (Lipinski definition) is 1. The van der Waals surface area contributed by atoms with E-state index in [4.69, 9.17) is 14.3 Å². The van der Waals surface area contributed by atoms with Crippen molar-refractivity contribution in [3.05, 3.63) is 58.9 Å². The van der Waals surface area contributed by atoms with Crippen molar-refractivity contribution in [2.24, 2.45) is 0 Å². The van der Waals surface area contributed by atoms with E-state index in [0.717, 1.165) is 46.7 Å². The van der Waals surface area contributed by atoms with E-state index >= 15 is 0 Å². The van der Waals surface area contributed by atoms with Crippen LogP contribution in [0, 0.1) is 6.92 Å². The van der Waals surface area contributed by atoms with Crippen LogP contribution in [0.25, 0.3) is 11.3 Å². The number of cyclic esters (lactones) is 1. The van der Waals surface area contributed by atoms with Gasteiger partial charge in [0.15, 0.2) is 5.76 Å². The lowest BCUT2D eigenvalue weighted by Gasteiger charge is -2.09. The highest BCUT2D eigenvalue weighted by Crippen LogP contribution is 2.38. The van der Waals surface area contributed by atoms with Crippen molar-refractivity contribution in [2.45, 2.75) is 51.7 Å². The highest BCUT2D eigenvalue weighted by molar-refractivity contribution is 5.95. The molecule has 8 heteroatoms. The summed E-state index contributed by atoms with van der Waals surface area (Å²) >= 11 is 0. The summed E-state index contributed by atoms with van der Waals surface area (Å²) in [5.74, 6) is 0.735. The average molecular weight is 420 g/mol. The zero-order valence-electron chi connectivity index (χ0n) is 17.4. The molecular weight excluding hydrogens is 396 g/mol. The molecule has 0 aromatic carbocycles. The molecule has 2 aliphatic rings. The van der Waals surface area contributed by atoms with Gasteiger partial charge in [-0.3, -0.25) is 19.3 Å². The third-order valence-electron chi connectivity index (χ3n) is 5.89. The van der Waals surface area contributed by atoms with Crippen molar-refractivity contribution < 1.29 is 18.7 Å². The van der Waals surface area contributed by atoms with Crippen LogP contribution in [0.5, 0.6) is 0 Å². The molecule has 3 aromatic rings. The van der Waals surface area contributed by atoms with Gasteiger partial charge in [-0.05, 0) is 37.5 Å². The van der Waals surface area contributed by atoms with Gasteiger partial charge in [-0.2, -0.15) is 5.10 Å². The Morgan fingerprint density at radius 2 is 2.19 bits per heavy atom. The lowest BCUT2D eigenvalue weighted by molar-refractivity contribution is -0.141. The van der Waals surface area contributed by atoms with Crippen molar-refractivity contribution in [3.63, 3.8) is 0 Å². The average Bonchev–Trinajstić information content (AvgIpc) is 3.45. The summed E-state index contributed by atoms with van der Waals surface area (Å²) in [4.78, 5) is 28.3. The van der Waals surface area contributed by atoms with Crippen molar-refractivity contribution in [3.8, 4) is 11.3 Å². The van der Waals surface area contributed by atoms with Crippen molar-refractivity contribution in [1.29, 1.82) is 0 Å². The van der Waals surface area contributed by atoms with Gasteiger partial charge in [0.1, 0.15) is 11.9 Å². The van der Waals surface area contributed by atoms with E-state index in [-0.39, 0.29) is 18.0 Å². The number of aryl methyl sites for hydroxylation is 2. The lowest BCUT2D eigenvalue weighted by Crippen LogP contribution is -2.27. The number of esters is 1. The third-order valence-corrected chi connectivity index (χ3v) is 5.89. The van der Waals surface area contributed by atoms with E-state index < -0.39 is 0 Å². The molecule has 4 heterocycles. The molecule has 1 amide bonds. The van der Waals surface area contributed by atoms with Crippen molar-refractivity contribution in [2.75, 3.05) is 6.54 Å². The lowest BCUT2D eigenvalue weighted by atomic mass is 9.93. The van der Waals surface area contributed by atoms with Gasteiger partial charge in [0, 0.05) is 49.3 Å². The molecular formula is C23H24N4O4. The first-order chi connectivity index (χ1) is 15.1. The predicted molar refractivity (Wildman–Crippen MR) is 111 cm³/mol. The first-order valence-electron chi connectivity index (χ1n) is 10.6. The second-order valence-electron chi connectivity index (χ2n) is 8.07. The van der Waals surface area contributed by atoms with Crippen LogP contribution in [0.15, 0.2) is 35.0 Å². The molecule has 1 unspecified atom stereocenters. The van der Waals surface area contributed by atoms with Crippen LogP contribution < -0.4 is 5.32 Å². The first-order valence-corrected chi connectivity index (χ1v) is 10.6. The highest BCUT2D eigenvalue weighted by atomic mass is 16.5. The molecule has 0 radical (unpaired) electrons. The Bertz CT molecular complexity index is 1130. The van der Waals surface area contributed by atoms with Crippen molar-refractivity contribution in [1.82, 2.24) is 20.1 Å². The molecule has 1 fully saturated rings. The van der Waals surface area contributed by atoms with Gasteiger partial charge in [-0.25, -0.2) is 0 Å². The fourth-order valence-corrected chi connectivity index (χ4v) is 4.33. The van der Waals surface area contributed by atoms with Gasteiger partial charge < -0.3 is 14.5 Å². The molecule has 1 N–H and O–H groups in total. The number of hydrogen-bond acceptors (Lipinski definition) is 6. The maximum Gasteiger partial charge on any atom is 0.306 e. The first kappa shape index (κ1) is 19.5. The molecule has 160 valence electrons. The van der Waals surface area contributed by atoms with Gasteiger partial charge in [0.2, 0.25) is 0 Å². The summed E-state index contributed by atoms with van der Waals surface area (Å²) in [5.41, 5.74) is 4.72. The van der Waals surface area contributed by atoms with E-state index in [9.17, 15) is 9.59 Å². The molecule has 5 rings (SSSR count). The molecule has 31 heavy (non-hydrogen) atoms. The minimum absolute atomic E-state index is 0.107. The molecule has 1 aliphatic carbocycles. The topological polar surface area (TPSA) is 99.3 Å². The zero-order valence-corrected chi connectivity index (χ0v) is 17.4. The number of pyridine rings is 1. The second-order valence-corrected chi connectivity index (χ2v) is 8.07. The van der Waals surface area contributed by atoms with Crippen LogP contribution in [0.2, 0.25) is 0 Å². The fraction of sp³-hybridized carbons (Fsp3) is 0.391. The molecule has 1 aliphatic heterocycles. The van der Waals surface area contributed by atoms with Crippen LogP contribution >= 0.6 is 0 Å². The number of furan rings is 1. The minimum atomic E-state index is -0.245. The summed E-state index contributed by atoms with van der Waals surface area (Å²) < 4.78 is 13.1. The monoisotopic (exact) mass is 420 g/mol. The van der Waals surface area contributed by atoms with Gasteiger partial charge >= 0.3 is 5.97 Å². The standard InChI is InChI=1S/C23H24N4O4/c1-14-20-18(31-22(14)23(29)25-11-9-17-6-8-19(28)30-17)7-5-15-12-27(26-21(15)20)13-16-4-2-3-10-24-16/h2-4,10,12,17H,5-9,11,13H2,1H3,(H,25,29). The maximum atomic E-state index is 12.7. The SMILES string of the molecule is Cc1c(C(=O)NCCC2CCC(=O)O2)oc2c1-c1nn(Cc3ccccn3)cc1CC2. The fourth-order valence-electron chi connectivity index (χ4n) is 4.33. The summed E-state index contributed by atoms with van der Waals surface area (Å²) in [6, 6.07) is 5.83. The quantitative estimate of drug-likeness (QED) is 0.616. The van der Waals surface area contributed by atoms with Gasteiger partial charge in [-0.1, -0.05) is 6.07 Å². The highest BCUT2D eigenvalue weighted by Gasteiger charge is 2.30. The van der Waals surface area contributed by atoms with Crippen molar-refractivity contribution >= 4 is 11.9 Å². The number of ether oxygens (including phenoxy) is 1. The maximum absolute atomic E-state index is 12.7. The molecule has 0 spiro atoms. The largest absolute Gasteiger partial charge is 0.462 e. The van der Waals surface area contributed by atoms with Crippen LogP contribution in [0.3, 0.4) is 0 Å². The number of amides is 1. The summed E-state index contributed by atoms with van der Waals surface area (Å²) in [7, 11) is 0. The molecule has 1 saturated heterocycles. The van der Waals surface area contributed by atoms with Crippen LogP contribution in [0.1, 0.15) is 52.4 Å². The Kier molecular flexibility index (Phi) is 5.05. The van der Waals surface area contributed by atoms with Gasteiger partial charge in [0.05, 0.1) is 17.9 Å². The zero-order chi connectivity index (χ0) is 21.4. The Morgan fingerprint density at radius 3 is 2.97 bits per heavy atom. The summed E-state index contributed by atoms with van der Waals surface area (Å²) in [5, 5.41) is 7.67. The second kappa shape index (κ2) is 8.02. The summed E-state index contributed by atoms with van der Waals surface area (Å²) in [6.45, 7) is 2.94. The van der Waals surface area contributed by atoms with E-state index in [0.29, 0.717) is 38.1 Å². The predicted octanol–water partition coefficient (Wildman–Crippen LogP) is 2.82. The molecule has 0 saturated carbocycles. The van der Waals surface area contributed by atoms with Gasteiger partial charge in [-0.15, -0.1) is 0 Å². The number of carbonyl (C=O) groups is 2. The number of nitrogens with one attached hydrogen (secondary N) is 1. The number of aromatic nitrogens is 3. The Hall–Kier alpha value is -3.42. The third kappa shape index (κ3) is 3.85. The smallest absolute Gasteiger partial charge is 0.306 e.